The van der Waals surface area contributed by atoms with Crippen molar-refractivity contribution in [1.82, 2.24) is 9.55 Å². The molecule has 6 heteroatoms. The van der Waals surface area contributed by atoms with Crippen LogP contribution in [-0.4, -0.2) is 22.1 Å². The molecule has 3 aromatic rings. The highest BCUT2D eigenvalue weighted by Gasteiger charge is 2.23. The Bertz CT molecular complexity index is 929. The molecule has 24 heavy (non-hydrogen) atoms. The fourth-order valence-electron chi connectivity index (χ4n) is 2.52. The summed E-state index contributed by atoms with van der Waals surface area (Å²) in [5.41, 5.74) is 1.40. The molecule has 2 aromatic carbocycles. The van der Waals surface area contributed by atoms with Crippen molar-refractivity contribution in [3.63, 3.8) is 0 Å². The second-order valence-corrected chi connectivity index (χ2v) is 5.49. The van der Waals surface area contributed by atoms with Gasteiger partial charge in [0.2, 0.25) is 0 Å². The molecule has 0 saturated heterocycles. The Hall–Kier alpha value is -2.79. The highest BCUT2D eigenvalue weighted by atomic mass is 35.5. The van der Waals surface area contributed by atoms with Gasteiger partial charge in [-0.3, -0.25) is 9.55 Å². The second kappa shape index (κ2) is 6.76. The van der Waals surface area contributed by atoms with E-state index >= 15 is 0 Å². The highest BCUT2D eigenvalue weighted by molar-refractivity contribution is 6.30. The fraction of sp³-hybridized carbons (Fsp3) is 0.111. The van der Waals surface area contributed by atoms with Gasteiger partial charge in [0.25, 0.3) is 0 Å². The van der Waals surface area contributed by atoms with Gasteiger partial charge in [-0.1, -0.05) is 41.9 Å². The van der Waals surface area contributed by atoms with Crippen LogP contribution in [-0.2, 0) is 4.74 Å². The molecule has 0 atom stereocenters. The number of nitrogens with one attached hydrogen (secondary N) is 1. The second-order valence-electron chi connectivity index (χ2n) is 5.06. The molecule has 1 N–H and O–H groups in total. The Labute approximate surface area is 143 Å². The number of para-hydroxylation sites is 1. The third-order valence-electron chi connectivity index (χ3n) is 3.49. The van der Waals surface area contributed by atoms with Gasteiger partial charge >= 0.3 is 11.7 Å². The lowest BCUT2D eigenvalue weighted by Crippen LogP contribution is -2.15. The van der Waals surface area contributed by atoms with Gasteiger partial charge in [-0.25, -0.2) is 9.59 Å². The molecule has 5 nitrogen and oxygen atoms in total. The van der Waals surface area contributed by atoms with E-state index in [1.54, 1.807) is 43.3 Å². The minimum atomic E-state index is -0.584. The van der Waals surface area contributed by atoms with E-state index in [0.29, 0.717) is 22.0 Å². The van der Waals surface area contributed by atoms with E-state index < -0.39 is 11.7 Å². The minimum Gasteiger partial charge on any atom is -0.461 e. The van der Waals surface area contributed by atoms with Crippen molar-refractivity contribution in [1.29, 1.82) is 0 Å². The average molecular weight is 343 g/mol. The first kappa shape index (κ1) is 16.1. The number of aromatic amines is 1. The number of hydrogen-bond donors (Lipinski definition) is 1. The Kier molecular flexibility index (Phi) is 4.53. The summed E-state index contributed by atoms with van der Waals surface area (Å²) >= 11 is 6.08. The monoisotopic (exact) mass is 342 g/mol. The molecule has 0 fully saturated rings. The summed E-state index contributed by atoms with van der Waals surface area (Å²) in [5, 5.41) is 0.510. The Morgan fingerprint density at radius 2 is 1.92 bits per heavy atom. The summed E-state index contributed by atoms with van der Waals surface area (Å²) in [5.74, 6) is -0.584. The number of hydrogen-bond acceptors (Lipinski definition) is 3. The number of aromatic nitrogens is 2. The van der Waals surface area contributed by atoms with Crippen LogP contribution in [0.3, 0.4) is 0 Å². The Morgan fingerprint density at radius 3 is 2.58 bits per heavy atom. The molecular formula is C18H15ClN2O3. The van der Waals surface area contributed by atoms with Crippen molar-refractivity contribution in [2.45, 2.75) is 6.92 Å². The van der Waals surface area contributed by atoms with Crippen molar-refractivity contribution in [3.05, 3.63) is 75.8 Å². The number of carbonyl (C=O) groups is 1. The van der Waals surface area contributed by atoms with Crippen LogP contribution in [0.15, 0.2) is 59.4 Å². The van der Waals surface area contributed by atoms with E-state index in [4.69, 9.17) is 16.3 Å². The maximum absolute atomic E-state index is 12.5. The smallest absolute Gasteiger partial charge is 0.357 e. The number of ether oxygens (including phenoxy) is 1. The van der Waals surface area contributed by atoms with Crippen LogP contribution in [0.1, 0.15) is 17.4 Å². The number of esters is 1. The molecule has 0 amide bonds. The predicted molar refractivity (Wildman–Crippen MR) is 92.8 cm³/mol. The van der Waals surface area contributed by atoms with Gasteiger partial charge in [-0.2, -0.15) is 0 Å². The summed E-state index contributed by atoms with van der Waals surface area (Å²) in [6.45, 7) is 1.93. The summed E-state index contributed by atoms with van der Waals surface area (Å²) in [4.78, 5) is 27.4. The van der Waals surface area contributed by atoms with Gasteiger partial charge in [0.15, 0.2) is 5.69 Å². The van der Waals surface area contributed by atoms with Crippen molar-refractivity contribution < 1.29 is 9.53 Å². The van der Waals surface area contributed by atoms with E-state index in [1.807, 2.05) is 18.2 Å². The molecular weight excluding hydrogens is 328 g/mol. The van der Waals surface area contributed by atoms with E-state index in [-0.39, 0.29) is 12.3 Å². The Balaban J connectivity index is 2.30. The van der Waals surface area contributed by atoms with Gasteiger partial charge in [-0.15, -0.1) is 0 Å². The van der Waals surface area contributed by atoms with E-state index in [1.165, 1.54) is 4.57 Å². The van der Waals surface area contributed by atoms with Crippen molar-refractivity contribution in [3.8, 4) is 16.9 Å². The van der Waals surface area contributed by atoms with Crippen LogP contribution >= 0.6 is 11.6 Å². The maximum Gasteiger partial charge on any atom is 0.357 e. The highest BCUT2D eigenvalue weighted by Crippen LogP contribution is 2.27. The number of rotatable bonds is 4. The molecule has 0 radical (unpaired) electrons. The molecule has 0 bridgehead atoms. The molecule has 0 aliphatic heterocycles. The number of imidazole rings is 1. The summed E-state index contributed by atoms with van der Waals surface area (Å²) < 4.78 is 6.51. The molecule has 1 aromatic heterocycles. The summed E-state index contributed by atoms with van der Waals surface area (Å²) in [6.07, 6.45) is 0. The molecule has 0 aliphatic rings. The number of halogens is 1. The van der Waals surface area contributed by atoms with Gasteiger partial charge in [0.1, 0.15) is 0 Å². The first-order valence-electron chi connectivity index (χ1n) is 7.45. The fourth-order valence-corrected chi connectivity index (χ4v) is 2.71. The molecule has 122 valence electrons. The number of carbonyl (C=O) groups excluding carboxylic acids is 1. The molecule has 3 rings (SSSR count). The van der Waals surface area contributed by atoms with Gasteiger partial charge < -0.3 is 4.74 Å². The summed E-state index contributed by atoms with van der Waals surface area (Å²) in [6, 6.07) is 16.1. The number of H-pyrrole nitrogens is 1. The van der Waals surface area contributed by atoms with Crippen LogP contribution in [0.25, 0.3) is 16.9 Å². The van der Waals surface area contributed by atoms with Gasteiger partial charge in [-0.05, 0) is 31.2 Å². The number of nitrogens with zero attached hydrogens (tertiary/aromatic N) is 1. The first-order chi connectivity index (χ1) is 11.6. The molecule has 0 aliphatic carbocycles. The SMILES string of the molecule is CCOC(=O)c1[nH]c(=O)n(-c2ccccc2)c1-c1cccc(Cl)c1. The lowest BCUT2D eigenvalue weighted by molar-refractivity contribution is 0.0521. The predicted octanol–water partition coefficient (Wildman–Crippen LogP) is 3.66. The molecule has 0 unspecified atom stereocenters. The van der Waals surface area contributed by atoms with Gasteiger partial charge in [0, 0.05) is 10.6 Å². The van der Waals surface area contributed by atoms with Crippen LogP contribution in [0.5, 0.6) is 0 Å². The maximum atomic E-state index is 12.5. The summed E-state index contributed by atoms with van der Waals surface area (Å²) in [7, 11) is 0. The van der Waals surface area contributed by atoms with Crippen LogP contribution < -0.4 is 5.69 Å². The number of benzene rings is 2. The van der Waals surface area contributed by atoms with Gasteiger partial charge in [0.05, 0.1) is 18.0 Å². The quantitative estimate of drug-likeness (QED) is 0.736. The average Bonchev–Trinajstić information content (AvgIpc) is 2.93. The van der Waals surface area contributed by atoms with E-state index in [9.17, 15) is 9.59 Å². The third kappa shape index (κ3) is 2.98. The molecule has 1 heterocycles. The lowest BCUT2D eigenvalue weighted by atomic mass is 10.1. The first-order valence-corrected chi connectivity index (χ1v) is 7.83. The van der Waals surface area contributed by atoms with E-state index in [0.717, 1.165) is 0 Å². The topological polar surface area (TPSA) is 64.1 Å². The molecule has 0 saturated carbocycles. The van der Waals surface area contributed by atoms with E-state index in [2.05, 4.69) is 4.98 Å². The minimum absolute atomic E-state index is 0.105. The Morgan fingerprint density at radius 1 is 1.17 bits per heavy atom. The third-order valence-corrected chi connectivity index (χ3v) is 3.72. The molecule has 0 spiro atoms. The van der Waals surface area contributed by atoms with Crippen molar-refractivity contribution in [2.75, 3.05) is 6.61 Å². The zero-order valence-electron chi connectivity index (χ0n) is 13.0. The largest absolute Gasteiger partial charge is 0.461 e. The van der Waals surface area contributed by atoms with Crippen LogP contribution in [0.4, 0.5) is 0 Å². The normalized spacial score (nSPS) is 10.6. The van der Waals surface area contributed by atoms with Crippen LogP contribution in [0, 0.1) is 0 Å². The lowest BCUT2D eigenvalue weighted by Gasteiger charge is -2.10. The van der Waals surface area contributed by atoms with Crippen molar-refractivity contribution in [2.24, 2.45) is 0 Å². The van der Waals surface area contributed by atoms with Crippen LogP contribution in [0.2, 0.25) is 5.02 Å². The standard InChI is InChI=1S/C18H15ClN2O3/c1-2-24-17(22)15-16(12-7-6-8-13(19)11-12)21(18(23)20-15)14-9-4-3-5-10-14/h3-11H,2H2,1H3,(H,20,23). The zero-order valence-corrected chi connectivity index (χ0v) is 13.7. The van der Waals surface area contributed by atoms with Crippen molar-refractivity contribution >= 4 is 17.6 Å². The zero-order chi connectivity index (χ0) is 17.1.